The van der Waals surface area contributed by atoms with Crippen LogP contribution >= 0.6 is 0 Å². The second kappa shape index (κ2) is 6.55. The minimum Gasteiger partial charge on any atom is -0.466 e. The summed E-state index contributed by atoms with van der Waals surface area (Å²) in [5.41, 5.74) is 0.345. The summed E-state index contributed by atoms with van der Waals surface area (Å²) < 4.78 is 5.27. The summed E-state index contributed by atoms with van der Waals surface area (Å²) in [6.45, 7) is 3.36. The molecule has 1 atom stereocenters. The second-order valence-corrected chi connectivity index (χ2v) is 6.29. The third-order valence-electron chi connectivity index (χ3n) is 4.41. The Bertz CT molecular complexity index is 795. The molecule has 3 amide bonds. The molecule has 1 N–H and O–H groups in total. The largest absolute Gasteiger partial charge is 0.466 e. The molecule has 1 aromatic heterocycles. The van der Waals surface area contributed by atoms with Crippen molar-refractivity contribution < 1.29 is 18.8 Å². The molecule has 1 aliphatic heterocycles. The van der Waals surface area contributed by atoms with Gasteiger partial charge in [0.05, 0.1) is 12.8 Å². The molecule has 0 spiro atoms. The molecule has 1 saturated heterocycles. The lowest BCUT2D eigenvalue weighted by molar-refractivity contribution is -0.131. The smallest absolute Gasteiger partial charge is 0.325 e. The van der Waals surface area contributed by atoms with Gasteiger partial charge in [0, 0.05) is 5.56 Å². The fourth-order valence-electron chi connectivity index (χ4n) is 2.95. The fourth-order valence-corrected chi connectivity index (χ4v) is 2.95. The minimum absolute atomic E-state index is 0.282. The number of urea groups is 1. The van der Waals surface area contributed by atoms with Crippen molar-refractivity contribution in [1.82, 2.24) is 10.2 Å². The summed E-state index contributed by atoms with van der Waals surface area (Å²) in [7, 11) is 0. The number of Topliss-reactive ketones (excluding diaryl/α,β-unsaturated/α-hetero) is 1. The first-order valence-electron chi connectivity index (χ1n) is 8.26. The number of ketones is 1. The van der Waals surface area contributed by atoms with Gasteiger partial charge in [-0.3, -0.25) is 14.5 Å². The van der Waals surface area contributed by atoms with Gasteiger partial charge in [0.1, 0.15) is 5.76 Å². The van der Waals surface area contributed by atoms with E-state index in [1.807, 2.05) is 12.1 Å². The Morgan fingerprint density at radius 1 is 1.20 bits per heavy atom. The lowest BCUT2D eigenvalue weighted by Gasteiger charge is -2.18. The molecule has 6 heteroatoms. The number of nitrogens with zero attached hydrogens (tertiary/aromatic N) is 1. The topological polar surface area (TPSA) is 79.6 Å². The molecular weight excluding hydrogens is 320 g/mol. The Kier molecular flexibility index (Phi) is 4.44. The highest BCUT2D eigenvalue weighted by Crippen LogP contribution is 2.29. The summed E-state index contributed by atoms with van der Waals surface area (Å²) in [6, 6.07) is 9.93. The molecular formula is C19H20N2O4. The summed E-state index contributed by atoms with van der Waals surface area (Å²) >= 11 is 0. The molecule has 1 aromatic carbocycles. The predicted molar refractivity (Wildman–Crippen MR) is 91.1 cm³/mol. The molecule has 1 fully saturated rings. The third kappa shape index (κ3) is 3.07. The number of benzene rings is 1. The molecule has 25 heavy (non-hydrogen) atoms. The van der Waals surface area contributed by atoms with Gasteiger partial charge in [-0.25, -0.2) is 4.79 Å². The van der Waals surface area contributed by atoms with Crippen molar-refractivity contribution in [3.63, 3.8) is 0 Å². The van der Waals surface area contributed by atoms with Gasteiger partial charge in [0.25, 0.3) is 5.91 Å². The van der Waals surface area contributed by atoms with Gasteiger partial charge in [-0.15, -0.1) is 0 Å². The number of carbonyl (C=O) groups is 3. The fraction of sp³-hybridized carbons (Fsp3) is 0.316. The molecule has 1 aliphatic rings. The zero-order valence-corrected chi connectivity index (χ0v) is 14.2. The maximum Gasteiger partial charge on any atom is 0.325 e. The van der Waals surface area contributed by atoms with Gasteiger partial charge in [-0.2, -0.15) is 0 Å². The van der Waals surface area contributed by atoms with Crippen LogP contribution in [0.25, 0.3) is 0 Å². The number of rotatable bonds is 6. The number of aryl methyl sites for hydroxylation is 1. The van der Waals surface area contributed by atoms with Gasteiger partial charge in [-0.05, 0) is 31.0 Å². The van der Waals surface area contributed by atoms with E-state index in [2.05, 4.69) is 12.2 Å². The maximum absolute atomic E-state index is 12.7. The predicted octanol–water partition coefficient (Wildman–Crippen LogP) is 2.88. The molecule has 130 valence electrons. The number of amides is 3. The van der Waals surface area contributed by atoms with Crippen molar-refractivity contribution in [3.05, 3.63) is 59.5 Å². The van der Waals surface area contributed by atoms with E-state index in [0.29, 0.717) is 11.3 Å². The van der Waals surface area contributed by atoms with E-state index in [-0.39, 0.29) is 12.3 Å². The van der Waals surface area contributed by atoms with E-state index < -0.39 is 17.5 Å². The number of carbonyl (C=O) groups excluding carboxylic acids is 3. The molecule has 3 rings (SSSR count). The lowest BCUT2D eigenvalue weighted by Crippen LogP contribution is -2.41. The zero-order chi connectivity index (χ0) is 18.0. The van der Waals surface area contributed by atoms with Crippen molar-refractivity contribution in [1.29, 1.82) is 0 Å². The van der Waals surface area contributed by atoms with Crippen LogP contribution in [0.2, 0.25) is 0 Å². The molecule has 0 aliphatic carbocycles. The Balaban J connectivity index is 1.75. The van der Waals surface area contributed by atoms with Gasteiger partial charge < -0.3 is 9.73 Å². The van der Waals surface area contributed by atoms with E-state index in [4.69, 9.17) is 4.42 Å². The van der Waals surface area contributed by atoms with Crippen LogP contribution in [0.4, 0.5) is 4.79 Å². The molecule has 0 bridgehead atoms. The number of nitrogens with one attached hydrogen (secondary N) is 1. The van der Waals surface area contributed by atoms with Crippen molar-refractivity contribution >= 4 is 17.7 Å². The summed E-state index contributed by atoms with van der Waals surface area (Å²) in [6.07, 6.45) is 3.41. The summed E-state index contributed by atoms with van der Waals surface area (Å²) in [5, 5.41) is 2.61. The SMILES string of the molecule is CCCc1ccc(C(=O)CN2C(=O)NC(C)(c3ccco3)C2=O)cc1. The van der Waals surface area contributed by atoms with Crippen molar-refractivity contribution in [3.8, 4) is 0 Å². The van der Waals surface area contributed by atoms with Gasteiger partial charge >= 0.3 is 6.03 Å². The van der Waals surface area contributed by atoms with Gasteiger partial charge in [0.2, 0.25) is 0 Å². The van der Waals surface area contributed by atoms with E-state index in [0.717, 1.165) is 23.3 Å². The van der Waals surface area contributed by atoms with E-state index in [9.17, 15) is 14.4 Å². The van der Waals surface area contributed by atoms with Crippen LogP contribution in [0.1, 0.15) is 41.9 Å². The third-order valence-corrected chi connectivity index (χ3v) is 4.41. The highest BCUT2D eigenvalue weighted by atomic mass is 16.3. The number of hydrogen-bond acceptors (Lipinski definition) is 4. The molecule has 0 radical (unpaired) electrons. The molecule has 0 saturated carbocycles. The lowest BCUT2D eigenvalue weighted by atomic mass is 9.99. The quantitative estimate of drug-likeness (QED) is 0.648. The van der Waals surface area contributed by atoms with Crippen LogP contribution in [-0.4, -0.2) is 29.2 Å². The maximum atomic E-state index is 12.7. The monoisotopic (exact) mass is 340 g/mol. The number of furan rings is 1. The van der Waals surface area contributed by atoms with Crippen LogP contribution in [0.5, 0.6) is 0 Å². The first-order chi connectivity index (χ1) is 12.0. The Morgan fingerprint density at radius 2 is 1.92 bits per heavy atom. The van der Waals surface area contributed by atoms with E-state index >= 15 is 0 Å². The van der Waals surface area contributed by atoms with Crippen molar-refractivity contribution in [2.24, 2.45) is 0 Å². The molecule has 1 unspecified atom stereocenters. The standard InChI is InChI=1S/C19H20N2O4/c1-3-5-13-7-9-14(10-8-13)15(22)12-21-17(23)19(2,20-18(21)24)16-6-4-11-25-16/h4,6-11H,3,5,12H2,1-2H3,(H,20,24). The highest BCUT2D eigenvalue weighted by Gasteiger charge is 2.51. The molecule has 6 nitrogen and oxygen atoms in total. The minimum atomic E-state index is -1.29. The Morgan fingerprint density at radius 3 is 2.52 bits per heavy atom. The van der Waals surface area contributed by atoms with Crippen LogP contribution in [-0.2, 0) is 16.8 Å². The zero-order valence-electron chi connectivity index (χ0n) is 14.2. The summed E-state index contributed by atoms with van der Waals surface area (Å²) in [4.78, 5) is 38.3. The Labute approximate surface area is 145 Å². The molecule has 2 heterocycles. The van der Waals surface area contributed by atoms with E-state index in [1.165, 1.54) is 6.26 Å². The summed E-state index contributed by atoms with van der Waals surface area (Å²) in [5.74, 6) is -0.441. The van der Waals surface area contributed by atoms with Crippen molar-refractivity contribution in [2.45, 2.75) is 32.2 Å². The first-order valence-corrected chi connectivity index (χ1v) is 8.26. The average Bonchev–Trinajstić information content (AvgIpc) is 3.20. The molecule has 2 aromatic rings. The van der Waals surface area contributed by atoms with Crippen LogP contribution in [0.3, 0.4) is 0 Å². The average molecular weight is 340 g/mol. The van der Waals surface area contributed by atoms with Crippen molar-refractivity contribution in [2.75, 3.05) is 6.54 Å². The van der Waals surface area contributed by atoms with Crippen LogP contribution < -0.4 is 5.32 Å². The van der Waals surface area contributed by atoms with E-state index in [1.54, 1.807) is 31.2 Å². The number of imide groups is 1. The first kappa shape index (κ1) is 17.0. The second-order valence-electron chi connectivity index (χ2n) is 6.29. The van der Waals surface area contributed by atoms with Gasteiger partial charge in [-0.1, -0.05) is 37.6 Å². The normalized spacial score (nSPS) is 20.0. The van der Waals surface area contributed by atoms with Gasteiger partial charge in [0.15, 0.2) is 11.3 Å². The Hall–Kier alpha value is -2.89. The van der Waals surface area contributed by atoms with Crippen LogP contribution in [0, 0.1) is 0 Å². The van der Waals surface area contributed by atoms with Crippen LogP contribution in [0.15, 0.2) is 47.1 Å². The highest BCUT2D eigenvalue weighted by molar-refractivity contribution is 6.11. The number of hydrogen-bond donors (Lipinski definition) is 1.